The Kier molecular flexibility index (Phi) is 4.62. The fourth-order valence-corrected chi connectivity index (χ4v) is 3.90. The number of aliphatic imine (C=N–C) groups is 1. The summed E-state index contributed by atoms with van der Waals surface area (Å²) < 4.78 is 10.2. The van der Waals surface area contributed by atoms with Gasteiger partial charge < -0.3 is 9.47 Å². The number of hydrogen-bond acceptors (Lipinski definition) is 6. The molecule has 1 unspecified atom stereocenters. The van der Waals surface area contributed by atoms with Gasteiger partial charge in [-0.1, -0.05) is 23.9 Å². The highest BCUT2D eigenvalue weighted by Gasteiger charge is 2.41. The summed E-state index contributed by atoms with van der Waals surface area (Å²) in [5.74, 6) is 0.830. The summed E-state index contributed by atoms with van der Waals surface area (Å²) in [5.41, 5.74) is 1.74. The smallest absolute Gasteiger partial charge is 0.338 e. The molecule has 3 rings (SSSR count). The Morgan fingerprint density at radius 3 is 2.88 bits per heavy atom. The number of benzene rings is 1. The summed E-state index contributed by atoms with van der Waals surface area (Å²) in [4.78, 5) is 31.0. The lowest BCUT2D eigenvalue weighted by Crippen LogP contribution is -2.45. The van der Waals surface area contributed by atoms with E-state index in [0.717, 1.165) is 5.56 Å². The van der Waals surface area contributed by atoms with Gasteiger partial charge in [0, 0.05) is 12.2 Å². The van der Waals surface area contributed by atoms with E-state index in [-0.39, 0.29) is 5.91 Å². The Morgan fingerprint density at radius 1 is 1.38 bits per heavy atom. The van der Waals surface area contributed by atoms with Crippen LogP contribution in [0.2, 0.25) is 0 Å². The number of methoxy groups -OCH3 is 2. The van der Waals surface area contributed by atoms with Gasteiger partial charge in [-0.3, -0.25) is 9.69 Å². The number of esters is 1. The molecule has 0 aromatic heterocycles. The third kappa shape index (κ3) is 2.80. The summed E-state index contributed by atoms with van der Waals surface area (Å²) >= 11 is 1.52. The van der Waals surface area contributed by atoms with E-state index in [1.54, 1.807) is 18.9 Å². The largest absolute Gasteiger partial charge is 0.497 e. The average molecular weight is 346 g/mol. The topological polar surface area (TPSA) is 68.2 Å². The normalized spacial score (nSPS) is 20.5. The molecule has 126 valence electrons. The van der Waals surface area contributed by atoms with Crippen molar-refractivity contribution in [2.75, 3.05) is 20.0 Å². The van der Waals surface area contributed by atoms with E-state index >= 15 is 0 Å². The van der Waals surface area contributed by atoms with Crippen LogP contribution in [0.3, 0.4) is 0 Å². The number of fused-ring (bicyclic) bond motifs is 1. The van der Waals surface area contributed by atoms with Gasteiger partial charge in [-0.25, -0.2) is 9.79 Å². The van der Waals surface area contributed by atoms with Crippen LogP contribution in [0.1, 0.15) is 24.9 Å². The molecule has 1 fully saturated rings. The Balaban J connectivity index is 2.18. The number of rotatable bonds is 3. The fraction of sp³-hybridized carbons (Fsp3) is 0.353. The molecule has 1 aromatic rings. The molecule has 1 saturated heterocycles. The SMILES string of the molecule is COC(=O)C1=C(C)N=C2SCCC(=O)N2C1c1cccc(OC)c1. The number of carbonyl (C=O) groups is 2. The van der Waals surface area contributed by atoms with Gasteiger partial charge in [0.15, 0.2) is 5.17 Å². The summed E-state index contributed by atoms with van der Waals surface area (Å²) in [7, 11) is 2.91. The van der Waals surface area contributed by atoms with Crippen molar-refractivity contribution in [1.82, 2.24) is 4.90 Å². The van der Waals surface area contributed by atoms with Crippen LogP contribution in [-0.4, -0.2) is 41.9 Å². The van der Waals surface area contributed by atoms with E-state index in [1.165, 1.54) is 18.9 Å². The zero-order chi connectivity index (χ0) is 17.3. The standard InChI is InChI=1S/C17H18N2O4S/c1-10-14(16(21)23-3)15(11-5-4-6-12(9-11)22-2)19-13(20)7-8-24-17(19)18-10/h4-6,9,15H,7-8H2,1-3H3. The van der Waals surface area contributed by atoms with Crippen molar-refractivity contribution in [2.45, 2.75) is 19.4 Å². The van der Waals surface area contributed by atoms with Crippen molar-refractivity contribution in [1.29, 1.82) is 0 Å². The molecule has 0 radical (unpaired) electrons. The van der Waals surface area contributed by atoms with Gasteiger partial charge in [0.1, 0.15) is 5.75 Å². The second kappa shape index (κ2) is 6.68. The minimum Gasteiger partial charge on any atom is -0.497 e. The first-order chi connectivity index (χ1) is 11.6. The van der Waals surface area contributed by atoms with Crippen molar-refractivity contribution in [3.63, 3.8) is 0 Å². The Hall–Kier alpha value is -2.28. The molecule has 0 spiro atoms. The predicted molar refractivity (Wildman–Crippen MR) is 91.8 cm³/mol. The average Bonchev–Trinajstić information content (AvgIpc) is 2.60. The van der Waals surface area contributed by atoms with Crippen LogP contribution in [0, 0.1) is 0 Å². The number of carbonyl (C=O) groups excluding carboxylic acids is 2. The summed E-state index contributed by atoms with van der Waals surface area (Å²) in [5, 5.41) is 0.629. The van der Waals surface area contributed by atoms with E-state index in [4.69, 9.17) is 9.47 Å². The van der Waals surface area contributed by atoms with Crippen LogP contribution in [0.4, 0.5) is 0 Å². The van der Waals surface area contributed by atoms with Gasteiger partial charge in [-0.05, 0) is 24.6 Å². The molecule has 1 atom stereocenters. The molecule has 0 saturated carbocycles. The molecule has 0 aliphatic carbocycles. The second-order valence-corrected chi connectivity index (χ2v) is 6.49. The minimum atomic E-state index is -0.555. The molecular formula is C17H18N2O4S. The third-order valence-corrected chi connectivity index (χ3v) is 4.98. The molecule has 0 N–H and O–H groups in total. The molecule has 6 nitrogen and oxygen atoms in total. The lowest BCUT2D eigenvalue weighted by Gasteiger charge is -2.38. The zero-order valence-corrected chi connectivity index (χ0v) is 14.6. The first kappa shape index (κ1) is 16.6. The molecule has 1 aromatic carbocycles. The van der Waals surface area contributed by atoms with E-state index in [1.807, 2.05) is 24.3 Å². The summed E-state index contributed by atoms with van der Waals surface area (Å²) in [6.45, 7) is 1.77. The van der Waals surface area contributed by atoms with Crippen LogP contribution in [0.15, 0.2) is 40.5 Å². The lowest BCUT2D eigenvalue weighted by atomic mass is 9.94. The number of ether oxygens (including phenoxy) is 2. The maximum absolute atomic E-state index is 12.6. The first-order valence-electron chi connectivity index (χ1n) is 7.53. The number of amidine groups is 1. The quantitative estimate of drug-likeness (QED) is 0.787. The molecule has 0 bridgehead atoms. The highest BCUT2D eigenvalue weighted by Crippen LogP contribution is 2.40. The number of nitrogens with zero attached hydrogens (tertiary/aromatic N) is 2. The second-order valence-electron chi connectivity index (χ2n) is 5.43. The highest BCUT2D eigenvalue weighted by atomic mass is 32.2. The van der Waals surface area contributed by atoms with Crippen molar-refractivity contribution in [3.8, 4) is 5.75 Å². The Labute approximate surface area is 144 Å². The van der Waals surface area contributed by atoms with Gasteiger partial charge in [0.25, 0.3) is 0 Å². The van der Waals surface area contributed by atoms with Crippen LogP contribution >= 0.6 is 11.8 Å². The lowest BCUT2D eigenvalue weighted by molar-refractivity contribution is -0.137. The summed E-state index contributed by atoms with van der Waals surface area (Å²) in [6, 6.07) is 6.81. The maximum atomic E-state index is 12.6. The number of thioether (sulfide) groups is 1. The summed E-state index contributed by atoms with van der Waals surface area (Å²) in [6.07, 6.45) is 0.414. The number of amides is 1. The molecule has 2 aliphatic heterocycles. The number of allylic oxidation sites excluding steroid dienone is 1. The monoisotopic (exact) mass is 346 g/mol. The fourth-order valence-electron chi connectivity index (χ4n) is 2.89. The van der Waals surface area contributed by atoms with E-state index in [2.05, 4.69) is 4.99 Å². The minimum absolute atomic E-state index is 0.0470. The number of hydrogen-bond donors (Lipinski definition) is 0. The van der Waals surface area contributed by atoms with Crippen molar-refractivity contribution in [2.24, 2.45) is 4.99 Å². The predicted octanol–water partition coefficient (Wildman–Crippen LogP) is 2.52. The molecular weight excluding hydrogens is 328 g/mol. The van der Waals surface area contributed by atoms with Gasteiger partial charge >= 0.3 is 5.97 Å². The Bertz CT molecular complexity index is 757. The molecule has 24 heavy (non-hydrogen) atoms. The van der Waals surface area contributed by atoms with Crippen molar-refractivity contribution < 1.29 is 19.1 Å². The zero-order valence-electron chi connectivity index (χ0n) is 13.7. The van der Waals surface area contributed by atoms with Gasteiger partial charge in [-0.2, -0.15) is 0 Å². The molecule has 2 aliphatic rings. The van der Waals surface area contributed by atoms with Crippen LogP contribution in [0.5, 0.6) is 5.75 Å². The van der Waals surface area contributed by atoms with E-state index < -0.39 is 12.0 Å². The van der Waals surface area contributed by atoms with Crippen molar-refractivity contribution in [3.05, 3.63) is 41.1 Å². The third-order valence-electron chi connectivity index (χ3n) is 4.02. The van der Waals surface area contributed by atoms with Gasteiger partial charge in [-0.15, -0.1) is 0 Å². The van der Waals surface area contributed by atoms with Crippen LogP contribution in [0.25, 0.3) is 0 Å². The van der Waals surface area contributed by atoms with E-state index in [9.17, 15) is 9.59 Å². The van der Waals surface area contributed by atoms with Crippen molar-refractivity contribution >= 4 is 28.8 Å². The highest BCUT2D eigenvalue weighted by molar-refractivity contribution is 8.14. The van der Waals surface area contributed by atoms with Crippen LogP contribution < -0.4 is 4.74 Å². The maximum Gasteiger partial charge on any atom is 0.338 e. The van der Waals surface area contributed by atoms with E-state index in [0.29, 0.717) is 34.4 Å². The van der Waals surface area contributed by atoms with Gasteiger partial charge in [0.2, 0.25) is 5.91 Å². The Morgan fingerprint density at radius 2 is 2.17 bits per heavy atom. The molecule has 2 heterocycles. The van der Waals surface area contributed by atoms with Crippen LogP contribution in [-0.2, 0) is 14.3 Å². The first-order valence-corrected chi connectivity index (χ1v) is 8.52. The van der Waals surface area contributed by atoms with Gasteiger partial charge in [0.05, 0.1) is 31.5 Å². The molecule has 7 heteroatoms. The molecule has 1 amide bonds.